The summed E-state index contributed by atoms with van der Waals surface area (Å²) in [6.07, 6.45) is 7.25. The fraction of sp³-hybridized carbons (Fsp3) is 0.767. The van der Waals surface area contributed by atoms with Gasteiger partial charge in [-0.1, -0.05) is 38.4 Å². The van der Waals surface area contributed by atoms with Crippen molar-refractivity contribution in [1.82, 2.24) is 4.98 Å². The largest absolute Gasteiger partial charge is 0.441 e. The molecule has 1 aromatic carbocycles. The summed E-state index contributed by atoms with van der Waals surface area (Å²) < 4.78 is 5.97. The van der Waals surface area contributed by atoms with E-state index in [1.54, 1.807) is 0 Å². The molecule has 4 fully saturated rings. The van der Waals surface area contributed by atoms with E-state index in [-0.39, 0.29) is 35.1 Å². The maximum absolute atomic E-state index is 11.8. The number of halogens is 1. The van der Waals surface area contributed by atoms with Gasteiger partial charge in [-0.25, -0.2) is 4.98 Å². The Kier molecular flexibility index (Phi) is 6.26. The molecule has 1 unspecified atom stereocenters. The van der Waals surface area contributed by atoms with Crippen molar-refractivity contribution in [3.8, 4) is 0 Å². The van der Waals surface area contributed by atoms with Gasteiger partial charge in [-0.15, -0.1) is 0 Å². The minimum atomic E-state index is -0.351. The Morgan fingerprint density at radius 1 is 1.08 bits per heavy atom. The molecule has 4 aliphatic carbocycles. The Hall–Kier alpha value is -1.14. The molecular weight excluding hydrogens is 474 g/mol. The van der Waals surface area contributed by atoms with Crippen LogP contribution in [-0.2, 0) is 6.42 Å². The van der Waals surface area contributed by atoms with Crippen LogP contribution in [0.15, 0.2) is 22.6 Å². The van der Waals surface area contributed by atoms with E-state index in [0.29, 0.717) is 34.6 Å². The number of hydrogen-bond acceptors (Lipinski definition) is 5. The predicted octanol–water partition coefficient (Wildman–Crippen LogP) is 6.01. The molecule has 36 heavy (non-hydrogen) atoms. The van der Waals surface area contributed by atoms with Gasteiger partial charge in [-0.05, 0) is 110 Å². The van der Waals surface area contributed by atoms with Gasteiger partial charge < -0.3 is 19.7 Å². The number of oxazole rings is 1. The third kappa shape index (κ3) is 3.71. The first-order chi connectivity index (χ1) is 17.1. The second-order valence-corrected chi connectivity index (χ2v) is 13.6. The summed E-state index contributed by atoms with van der Waals surface area (Å²) in [6.45, 7) is 7.03. The third-order valence-electron chi connectivity index (χ3n) is 11.7. The summed E-state index contributed by atoms with van der Waals surface area (Å²) >= 11 is 6.29. The Morgan fingerprint density at radius 3 is 2.67 bits per heavy atom. The number of aliphatic hydroxyl groups is 3. The summed E-state index contributed by atoms with van der Waals surface area (Å²) in [4.78, 5) is 4.64. The van der Waals surface area contributed by atoms with Crippen LogP contribution in [0.25, 0.3) is 11.1 Å². The zero-order chi connectivity index (χ0) is 25.4. The van der Waals surface area contributed by atoms with Gasteiger partial charge in [0.15, 0.2) is 11.5 Å². The summed E-state index contributed by atoms with van der Waals surface area (Å²) in [5.41, 5.74) is 1.41. The van der Waals surface area contributed by atoms with Crippen LogP contribution in [0.2, 0.25) is 5.02 Å². The highest BCUT2D eigenvalue weighted by molar-refractivity contribution is 6.34. The lowest BCUT2D eigenvalue weighted by atomic mass is 9.43. The Bertz CT molecular complexity index is 1120. The van der Waals surface area contributed by atoms with Gasteiger partial charge in [0.1, 0.15) is 5.52 Å². The maximum atomic E-state index is 11.8. The van der Waals surface area contributed by atoms with Crippen molar-refractivity contribution in [2.24, 2.45) is 46.3 Å². The van der Waals surface area contributed by atoms with Crippen molar-refractivity contribution in [1.29, 1.82) is 0 Å². The predicted molar refractivity (Wildman–Crippen MR) is 141 cm³/mol. The lowest BCUT2D eigenvalue weighted by molar-refractivity contribution is -0.207. The van der Waals surface area contributed by atoms with E-state index < -0.39 is 0 Å². The van der Waals surface area contributed by atoms with Crippen LogP contribution in [0.4, 0.5) is 0 Å². The first-order valence-electron chi connectivity index (χ1n) is 14.2. The van der Waals surface area contributed by atoms with E-state index in [2.05, 4.69) is 25.8 Å². The first-order valence-corrected chi connectivity index (χ1v) is 14.6. The Labute approximate surface area is 219 Å². The Balaban J connectivity index is 1.21. The molecule has 198 valence electrons. The van der Waals surface area contributed by atoms with Crippen molar-refractivity contribution in [2.75, 3.05) is 0 Å². The van der Waals surface area contributed by atoms with E-state index in [4.69, 9.17) is 16.0 Å². The molecule has 0 saturated heterocycles. The molecular formula is C30H42ClNO4. The molecule has 4 saturated carbocycles. The van der Waals surface area contributed by atoms with Gasteiger partial charge in [0.25, 0.3) is 0 Å². The fourth-order valence-electron chi connectivity index (χ4n) is 9.75. The van der Waals surface area contributed by atoms with E-state index in [1.165, 1.54) is 0 Å². The quantitative estimate of drug-likeness (QED) is 0.464. The van der Waals surface area contributed by atoms with E-state index in [9.17, 15) is 15.3 Å². The van der Waals surface area contributed by atoms with Gasteiger partial charge in [-0.3, -0.25) is 0 Å². The normalized spacial score (nSPS) is 45.2. The molecule has 0 amide bonds. The number of aromatic nitrogens is 1. The second kappa shape index (κ2) is 8.97. The van der Waals surface area contributed by atoms with E-state index in [0.717, 1.165) is 74.8 Å². The number of aliphatic hydroxyl groups excluding tert-OH is 3. The van der Waals surface area contributed by atoms with Gasteiger partial charge in [0, 0.05) is 6.42 Å². The average molecular weight is 516 g/mol. The summed E-state index contributed by atoms with van der Waals surface area (Å²) in [7, 11) is 0. The average Bonchev–Trinajstić information content (AvgIpc) is 3.42. The fourth-order valence-corrected chi connectivity index (χ4v) is 9.96. The number of para-hydroxylation sites is 1. The van der Waals surface area contributed by atoms with E-state index in [1.807, 2.05) is 18.2 Å². The summed E-state index contributed by atoms with van der Waals surface area (Å²) in [6, 6.07) is 5.64. The van der Waals surface area contributed by atoms with Crippen LogP contribution < -0.4 is 0 Å². The van der Waals surface area contributed by atoms with Crippen molar-refractivity contribution >= 4 is 22.7 Å². The van der Waals surface area contributed by atoms with Gasteiger partial charge in [0.2, 0.25) is 0 Å². The molecule has 1 aromatic heterocycles. The third-order valence-corrected chi connectivity index (χ3v) is 12.1. The summed E-state index contributed by atoms with van der Waals surface area (Å²) in [5, 5.41) is 34.2. The highest BCUT2D eigenvalue weighted by Crippen LogP contribution is 2.68. The SMILES string of the molecule is CC(CCc1nc2c(Cl)cccc2o1)[C@H]1CC[C@H]2[C@@H]3[C@H](O)C[C@@H]4C[C@H](O)CC[C@]4(C)[C@H]3C[C@H](O)[C@]12C. The van der Waals surface area contributed by atoms with Gasteiger partial charge >= 0.3 is 0 Å². The highest BCUT2D eigenvalue weighted by Gasteiger charge is 2.65. The van der Waals surface area contributed by atoms with Crippen molar-refractivity contribution in [3.05, 3.63) is 29.1 Å². The number of rotatable bonds is 4. The molecule has 0 bridgehead atoms. The van der Waals surface area contributed by atoms with Gasteiger partial charge in [-0.2, -0.15) is 0 Å². The second-order valence-electron chi connectivity index (χ2n) is 13.2. The highest BCUT2D eigenvalue weighted by atomic mass is 35.5. The molecule has 0 radical (unpaired) electrons. The zero-order valence-electron chi connectivity index (χ0n) is 21.9. The van der Waals surface area contributed by atoms with Crippen molar-refractivity contribution in [3.63, 3.8) is 0 Å². The van der Waals surface area contributed by atoms with Gasteiger partial charge in [0.05, 0.1) is 23.3 Å². The molecule has 3 N–H and O–H groups in total. The smallest absolute Gasteiger partial charge is 0.195 e. The first kappa shape index (κ1) is 25.2. The van der Waals surface area contributed by atoms with Crippen LogP contribution in [0.5, 0.6) is 0 Å². The minimum Gasteiger partial charge on any atom is -0.441 e. The molecule has 6 rings (SSSR count). The number of fused-ring (bicyclic) bond motifs is 6. The van der Waals surface area contributed by atoms with Crippen LogP contribution in [0.1, 0.15) is 78.0 Å². The monoisotopic (exact) mass is 515 g/mol. The molecule has 2 aromatic rings. The zero-order valence-corrected chi connectivity index (χ0v) is 22.6. The molecule has 0 spiro atoms. The van der Waals surface area contributed by atoms with Crippen molar-refractivity contribution in [2.45, 2.75) is 96.9 Å². The molecule has 4 aliphatic rings. The maximum Gasteiger partial charge on any atom is 0.195 e. The molecule has 5 nitrogen and oxygen atoms in total. The molecule has 0 aliphatic heterocycles. The Morgan fingerprint density at radius 2 is 1.89 bits per heavy atom. The standard InChI is InChI=1S/C30H42ClNO4/c1-16(7-10-26-32-28-22(31)5-4-6-24(28)36-26)19-8-9-20-27-21(15-25(35)30(19,20)3)29(2)12-11-18(33)13-17(29)14-23(27)34/h4-6,16-21,23,25,27,33-35H,7-15H2,1-3H3/t16?,17-,18+,19+,20-,21-,23+,25-,27-,29-,30+/m0/s1. The lowest BCUT2D eigenvalue weighted by Gasteiger charge is -2.63. The molecule has 11 atom stereocenters. The topological polar surface area (TPSA) is 86.7 Å². The molecule has 6 heteroatoms. The summed E-state index contributed by atoms with van der Waals surface area (Å²) in [5.74, 6) is 2.87. The van der Waals surface area contributed by atoms with E-state index >= 15 is 0 Å². The number of hydrogen-bond donors (Lipinski definition) is 3. The van der Waals surface area contributed by atoms with Crippen LogP contribution in [0, 0.1) is 46.3 Å². The minimum absolute atomic E-state index is 0.114. The van der Waals surface area contributed by atoms with Crippen LogP contribution >= 0.6 is 11.6 Å². The van der Waals surface area contributed by atoms with Crippen LogP contribution in [0.3, 0.4) is 0 Å². The lowest BCUT2D eigenvalue weighted by Crippen LogP contribution is -2.62. The van der Waals surface area contributed by atoms with Crippen molar-refractivity contribution < 1.29 is 19.7 Å². The number of nitrogens with zero attached hydrogens (tertiary/aromatic N) is 1. The number of benzene rings is 1. The number of aryl methyl sites for hydroxylation is 1. The molecule has 1 heterocycles. The van der Waals surface area contributed by atoms with Crippen LogP contribution in [-0.4, -0.2) is 38.6 Å².